The summed E-state index contributed by atoms with van der Waals surface area (Å²) >= 11 is 0. The highest BCUT2D eigenvalue weighted by Crippen LogP contribution is 2.36. The van der Waals surface area contributed by atoms with Crippen LogP contribution in [0.3, 0.4) is 0 Å². The van der Waals surface area contributed by atoms with E-state index in [1.54, 1.807) is 18.5 Å². The van der Waals surface area contributed by atoms with E-state index in [9.17, 15) is 0 Å². The van der Waals surface area contributed by atoms with Gasteiger partial charge in [0.1, 0.15) is 6.07 Å². The van der Waals surface area contributed by atoms with Crippen molar-refractivity contribution in [3.8, 4) is 6.07 Å². The molecule has 0 radical (unpaired) electrons. The summed E-state index contributed by atoms with van der Waals surface area (Å²) in [5, 5.41) is 8.97. The van der Waals surface area contributed by atoms with Gasteiger partial charge in [0.25, 0.3) is 0 Å². The number of anilines is 2. The zero-order valence-corrected chi connectivity index (χ0v) is 19.3. The highest BCUT2D eigenvalue weighted by molar-refractivity contribution is 5.81. The SMILES string of the molecule is C=C1CCc2c1ccc(CCN(CCC)CCC(C=Nc1cc(N)c(C#N)cn1)=CN)c2N. The van der Waals surface area contributed by atoms with Crippen LogP contribution in [-0.4, -0.2) is 35.7 Å². The van der Waals surface area contributed by atoms with Crippen LogP contribution in [0.2, 0.25) is 0 Å². The second-order valence-electron chi connectivity index (χ2n) is 8.35. The normalized spacial score (nSPS) is 13.6. The van der Waals surface area contributed by atoms with Crippen molar-refractivity contribution in [3.63, 3.8) is 0 Å². The number of hydrogen-bond donors (Lipinski definition) is 3. The van der Waals surface area contributed by atoms with Gasteiger partial charge in [0.15, 0.2) is 5.82 Å². The van der Waals surface area contributed by atoms with Crippen molar-refractivity contribution in [2.45, 2.75) is 39.0 Å². The van der Waals surface area contributed by atoms with Gasteiger partial charge in [-0.25, -0.2) is 9.98 Å². The first kappa shape index (κ1) is 24.0. The summed E-state index contributed by atoms with van der Waals surface area (Å²) in [4.78, 5) is 10.9. The molecule has 6 N–H and O–H groups in total. The molecule has 1 aliphatic carbocycles. The fourth-order valence-electron chi connectivity index (χ4n) is 4.12. The Labute approximate surface area is 196 Å². The number of hydrogen-bond acceptors (Lipinski definition) is 7. The number of fused-ring (bicyclic) bond motifs is 1. The zero-order valence-electron chi connectivity index (χ0n) is 19.3. The first-order valence-corrected chi connectivity index (χ1v) is 11.4. The minimum Gasteiger partial charge on any atom is -0.404 e. The fourth-order valence-corrected chi connectivity index (χ4v) is 4.12. The molecule has 0 bridgehead atoms. The molecule has 0 fully saturated rings. The van der Waals surface area contributed by atoms with Crippen LogP contribution in [0.5, 0.6) is 0 Å². The number of nitrogens with zero attached hydrogens (tertiary/aromatic N) is 4. The Balaban J connectivity index is 1.59. The molecule has 7 heteroatoms. The van der Waals surface area contributed by atoms with Crippen LogP contribution in [-0.2, 0) is 12.8 Å². The summed E-state index contributed by atoms with van der Waals surface area (Å²) in [6, 6.07) is 7.92. The number of pyridine rings is 1. The summed E-state index contributed by atoms with van der Waals surface area (Å²) in [6.07, 6.45) is 9.47. The molecular weight excluding hydrogens is 410 g/mol. The van der Waals surface area contributed by atoms with Crippen LogP contribution < -0.4 is 17.2 Å². The van der Waals surface area contributed by atoms with Gasteiger partial charge in [0.05, 0.1) is 11.3 Å². The highest BCUT2D eigenvalue weighted by Gasteiger charge is 2.19. The molecule has 0 saturated heterocycles. The number of nitrogen functional groups attached to an aromatic ring is 2. The lowest BCUT2D eigenvalue weighted by Crippen LogP contribution is -2.28. The van der Waals surface area contributed by atoms with E-state index in [1.165, 1.54) is 28.5 Å². The summed E-state index contributed by atoms with van der Waals surface area (Å²) in [5.41, 5.74) is 25.6. The van der Waals surface area contributed by atoms with Gasteiger partial charge in [-0.15, -0.1) is 0 Å². The smallest absolute Gasteiger partial charge is 0.153 e. The minimum atomic E-state index is 0.340. The first-order valence-electron chi connectivity index (χ1n) is 11.4. The van der Waals surface area contributed by atoms with Crippen molar-refractivity contribution in [2.75, 3.05) is 31.1 Å². The number of allylic oxidation sites excluding steroid dienone is 1. The molecule has 0 spiro atoms. The number of aromatic nitrogens is 1. The number of aliphatic imine (C=N–C) groups is 1. The molecule has 1 aromatic carbocycles. The van der Waals surface area contributed by atoms with Crippen molar-refractivity contribution in [3.05, 3.63) is 65.0 Å². The van der Waals surface area contributed by atoms with Crippen molar-refractivity contribution in [1.82, 2.24) is 9.88 Å². The third kappa shape index (κ3) is 5.99. The van der Waals surface area contributed by atoms with E-state index in [1.807, 2.05) is 6.07 Å². The molecule has 0 unspecified atom stereocenters. The molecule has 0 aliphatic heterocycles. The average Bonchev–Trinajstić information content (AvgIpc) is 3.20. The van der Waals surface area contributed by atoms with Crippen LogP contribution in [0.25, 0.3) is 5.57 Å². The predicted molar refractivity (Wildman–Crippen MR) is 137 cm³/mol. The minimum absolute atomic E-state index is 0.340. The van der Waals surface area contributed by atoms with Gasteiger partial charge in [-0.05, 0) is 72.7 Å². The molecular formula is C26H33N7. The van der Waals surface area contributed by atoms with E-state index >= 15 is 0 Å². The maximum Gasteiger partial charge on any atom is 0.153 e. The topological polar surface area (TPSA) is 130 Å². The summed E-state index contributed by atoms with van der Waals surface area (Å²) in [5.74, 6) is 0.450. The molecule has 0 amide bonds. The zero-order chi connectivity index (χ0) is 23.8. The second kappa shape index (κ2) is 11.3. The Morgan fingerprint density at radius 2 is 2.09 bits per heavy atom. The third-order valence-electron chi connectivity index (χ3n) is 6.08. The highest BCUT2D eigenvalue weighted by atomic mass is 15.1. The molecule has 0 atom stereocenters. The van der Waals surface area contributed by atoms with Gasteiger partial charge in [0.2, 0.25) is 0 Å². The van der Waals surface area contributed by atoms with Gasteiger partial charge in [-0.3, -0.25) is 0 Å². The van der Waals surface area contributed by atoms with Crippen LogP contribution in [0.4, 0.5) is 17.2 Å². The molecule has 2 aromatic rings. The number of rotatable bonds is 10. The van der Waals surface area contributed by atoms with Crippen LogP contribution in [0.1, 0.15) is 48.4 Å². The standard InChI is InChI=1S/C26H33N7/c1-3-10-33(12-9-20-5-7-22-18(2)4-6-23(22)26(20)30)11-8-19(14-27)16-31-25-13-24(29)21(15-28)17-32-25/h5,7,13-14,16-17H,2-4,6,8-12,27,30H2,1H3,(H2,29,32). The predicted octanol–water partition coefficient (Wildman–Crippen LogP) is 3.97. The fraction of sp³-hybridized carbons (Fsp3) is 0.346. The van der Waals surface area contributed by atoms with Crippen LogP contribution >= 0.6 is 0 Å². The molecule has 7 nitrogen and oxygen atoms in total. The summed E-state index contributed by atoms with van der Waals surface area (Å²) in [6.45, 7) is 9.14. The molecule has 33 heavy (non-hydrogen) atoms. The van der Waals surface area contributed by atoms with Crippen molar-refractivity contribution in [1.29, 1.82) is 5.26 Å². The second-order valence-corrected chi connectivity index (χ2v) is 8.35. The maximum atomic E-state index is 8.97. The molecule has 1 aliphatic rings. The monoisotopic (exact) mass is 443 g/mol. The Bertz CT molecular complexity index is 1110. The van der Waals surface area contributed by atoms with E-state index in [-0.39, 0.29) is 0 Å². The molecule has 3 rings (SSSR count). The van der Waals surface area contributed by atoms with Gasteiger partial charge in [-0.1, -0.05) is 25.6 Å². The van der Waals surface area contributed by atoms with Crippen molar-refractivity contribution in [2.24, 2.45) is 10.7 Å². The quantitative estimate of drug-likeness (QED) is 0.376. The van der Waals surface area contributed by atoms with Crippen LogP contribution in [0.15, 0.2) is 47.7 Å². The molecule has 0 saturated carbocycles. The lowest BCUT2D eigenvalue weighted by atomic mass is 10.00. The van der Waals surface area contributed by atoms with E-state index in [4.69, 9.17) is 22.5 Å². The molecule has 1 aromatic heterocycles. The van der Waals surface area contributed by atoms with Gasteiger partial charge < -0.3 is 22.1 Å². The van der Waals surface area contributed by atoms with Crippen LogP contribution in [0, 0.1) is 11.3 Å². The number of benzene rings is 1. The van der Waals surface area contributed by atoms with E-state index in [0.717, 1.165) is 63.0 Å². The average molecular weight is 444 g/mol. The Hall–Kier alpha value is -3.63. The lowest BCUT2D eigenvalue weighted by molar-refractivity contribution is 0.282. The Morgan fingerprint density at radius 3 is 2.79 bits per heavy atom. The molecule has 1 heterocycles. The maximum absolute atomic E-state index is 8.97. The van der Waals surface area contributed by atoms with Crippen molar-refractivity contribution >= 4 is 29.0 Å². The summed E-state index contributed by atoms with van der Waals surface area (Å²) < 4.78 is 0. The van der Waals surface area contributed by atoms with E-state index < -0.39 is 0 Å². The third-order valence-corrected chi connectivity index (χ3v) is 6.08. The van der Waals surface area contributed by atoms with Crippen molar-refractivity contribution < 1.29 is 0 Å². The Morgan fingerprint density at radius 1 is 1.27 bits per heavy atom. The largest absolute Gasteiger partial charge is 0.404 e. The lowest BCUT2D eigenvalue weighted by Gasteiger charge is -2.22. The van der Waals surface area contributed by atoms with Gasteiger partial charge >= 0.3 is 0 Å². The summed E-state index contributed by atoms with van der Waals surface area (Å²) in [7, 11) is 0. The van der Waals surface area contributed by atoms with E-state index in [0.29, 0.717) is 17.1 Å². The Kier molecular flexibility index (Phi) is 8.22. The number of nitrogens with two attached hydrogens (primary N) is 3. The van der Waals surface area contributed by atoms with E-state index in [2.05, 4.69) is 40.5 Å². The first-order chi connectivity index (χ1) is 16.0. The molecule has 172 valence electrons. The number of nitriles is 1. The van der Waals surface area contributed by atoms with Gasteiger partial charge in [0, 0.05) is 37.3 Å². The van der Waals surface area contributed by atoms with Gasteiger partial charge in [-0.2, -0.15) is 5.26 Å².